The molecule has 5 heteroatoms. The Balaban J connectivity index is 2.33. The third-order valence-corrected chi connectivity index (χ3v) is 3.48. The van der Waals surface area contributed by atoms with Gasteiger partial charge >= 0.3 is 5.97 Å². The summed E-state index contributed by atoms with van der Waals surface area (Å²) < 4.78 is 12.1. The smallest absolute Gasteiger partial charge is 0.373 e. The number of hydrogen-bond donors (Lipinski definition) is 0. The molecule has 0 aromatic carbocycles. The van der Waals surface area contributed by atoms with Gasteiger partial charge < -0.3 is 9.15 Å². The molecule has 0 aliphatic carbocycles. The Morgan fingerprint density at radius 2 is 2.05 bits per heavy atom. The van der Waals surface area contributed by atoms with E-state index in [0.717, 1.165) is 11.4 Å². The van der Waals surface area contributed by atoms with Crippen LogP contribution in [-0.4, -0.2) is 22.9 Å². The minimum Gasteiger partial charge on any atom is -0.463 e. The standard InChI is InChI=1S/C14H18N2O3/c1-8-9(2)15-16(10(8)3)11(4)12-6-7-13(19-12)14(17)18-5/h6-7,11H,1-5H3. The van der Waals surface area contributed by atoms with Crippen molar-refractivity contribution in [2.24, 2.45) is 0 Å². The fourth-order valence-electron chi connectivity index (χ4n) is 2.03. The van der Waals surface area contributed by atoms with Crippen LogP contribution in [-0.2, 0) is 4.74 Å². The quantitative estimate of drug-likeness (QED) is 0.798. The molecule has 2 aromatic rings. The maximum absolute atomic E-state index is 11.4. The molecule has 2 aromatic heterocycles. The molecule has 0 amide bonds. The highest BCUT2D eigenvalue weighted by Gasteiger charge is 2.19. The van der Waals surface area contributed by atoms with Crippen molar-refractivity contribution >= 4 is 5.97 Å². The van der Waals surface area contributed by atoms with Crippen LogP contribution in [0.3, 0.4) is 0 Å². The summed E-state index contributed by atoms with van der Waals surface area (Å²) in [5.74, 6) is 0.427. The van der Waals surface area contributed by atoms with E-state index in [1.54, 1.807) is 12.1 Å². The number of furan rings is 1. The van der Waals surface area contributed by atoms with E-state index >= 15 is 0 Å². The summed E-state index contributed by atoms with van der Waals surface area (Å²) in [7, 11) is 1.33. The Labute approximate surface area is 112 Å². The van der Waals surface area contributed by atoms with Gasteiger partial charge in [-0.1, -0.05) is 0 Å². The third kappa shape index (κ3) is 2.28. The summed E-state index contributed by atoms with van der Waals surface area (Å²) in [6.07, 6.45) is 0. The van der Waals surface area contributed by atoms with Crippen LogP contribution >= 0.6 is 0 Å². The number of nitrogens with zero attached hydrogens (tertiary/aromatic N) is 2. The number of hydrogen-bond acceptors (Lipinski definition) is 4. The molecule has 2 rings (SSSR count). The zero-order valence-corrected chi connectivity index (χ0v) is 11.9. The lowest BCUT2D eigenvalue weighted by Gasteiger charge is -2.11. The van der Waals surface area contributed by atoms with Gasteiger partial charge in [0.25, 0.3) is 0 Å². The molecule has 0 radical (unpaired) electrons. The van der Waals surface area contributed by atoms with Crippen molar-refractivity contribution < 1.29 is 13.9 Å². The van der Waals surface area contributed by atoms with Crippen LogP contribution in [0.2, 0.25) is 0 Å². The predicted octanol–water partition coefficient (Wildman–Crippen LogP) is 2.80. The van der Waals surface area contributed by atoms with Crippen molar-refractivity contribution in [3.63, 3.8) is 0 Å². The van der Waals surface area contributed by atoms with E-state index in [0.29, 0.717) is 5.76 Å². The van der Waals surface area contributed by atoms with Gasteiger partial charge in [0.05, 0.1) is 12.8 Å². The second-order valence-electron chi connectivity index (χ2n) is 4.61. The van der Waals surface area contributed by atoms with Crippen molar-refractivity contribution in [3.05, 3.63) is 40.6 Å². The molecule has 0 N–H and O–H groups in total. The van der Waals surface area contributed by atoms with Crippen LogP contribution < -0.4 is 0 Å². The topological polar surface area (TPSA) is 57.3 Å². The number of carbonyl (C=O) groups is 1. The molecule has 5 nitrogen and oxygen atoms in total. The van der Waals surface area contributed by atoms with Crippen molar-refractivity contribution in [1.29, 1.82) is 0 Å². The number of rotatable bonds is 3. The highest BCUT2D eigenvalue weighted by molar-refractivity contribution is 5.86. The molecule has 19 heavy (non-hydrogen) atoms. The monoisotopic (exact) mass is 262 g/mol. The predicted molar refractivity (Wildman–Crippen MR) is 70.3 cm³/mol. The van der Waals surface area contributed by atoms with Crippen LogP contribution in [0.1, 0.15) is 46.2 Å². The van der Waals surface area contributed by atoms with Gasteiger partial charge in [0, 0.05) is 5.69 Å². The van der Waals surface area contributed by atoms with E-state index in [-0.39, 0.29) is 11.8 Å². The maximum atomic E-state index is 11.4. The molecule has 2 heterocycles. The number of methoxy groups -OCH3 is 1. The molecule has 1 atom stereocenters. The summed E-state index contributed by atoms with van der Waals surface area (Å²) in [6, 6.07) is 3.34. The Hall–Kier alpha value is -2.04. The second-order valence-corrected chi connectivity index (χ2v) is 4.61. The Bertz CT molecular complexity index is 610. The lowest BCUT2D eigenvalue weighted by atomic mass is 10.2. The number of carbonyl (C=O) groups excluding carboxylic acids is 1. The molecule has 0 spiro atoms. The first-order chi connectivity index (χ1) is 8.95. The number of aromatic nitrogens is 2. The van der Waals surface area contributed by atoms with E-state index in [1.807, 2.05) is 32.4 Å². The molecule has 0 aliphatic heterocycles. The van der Waals surface area contributed by atoms with E-state index in [9.17, 15) is 4.79 Å². The van der Waals surface area contributed by atoms with Crippen LogP contribution in [0, 0.1) is 20.8 Å². The van der Waals surface area contributed by atoms with Gasteiger partial charge in [-0.2, -0.15) is 5.10 Å². The summed E-state index contributed by atoms with van der Waals surface area (Å²) in [4.78, 5) is 11.4. The Morgan fingerprint density at radius 3 is 2.58 bits per heavy atom. The fourth-order valence-corrected chi connectivity index (χ4v) is 2.03. The van der Waals surface area contributed by atoms with Gasteiger partial charge in [0.15, 0.2) is 0 Å². The second kappa shape index (κ2) is 4.91. The molecular formula is C14H18N2O3. The van der Waals surface area contributed by atoms with Crippen molar-refractivity contribution in [1.82, 2.24) is 9.78 Å². The molecule has 102 valence electrons. The first kappa shape index (κ1) is 13.4. The highest BCUT2D eigenvalue weighted by Crippen LogP contribution is 2.24. The normalized spacial score (nSPS) is 12.5. The SMILES string of the molecule is COC(=O)c1ccc(C(C)n2nc(C)c(C)c2C)o1. The highest BCUT2D eigenvalue weighted by atomic mass is 16.5. The van der Waals surface area contributed by atoms with E-state index in [2.05, 4.69) is 9.84 Å². The average molecular weight is 262 g/mol. The van der Waals surface area contributed by atoms with Crippen molar-refractivity contribution in [2.45, 2.75) is 33.7 Å². The fraction of sp³-hybridized carbons (Fsp3) is 0.429. The molecule has 0 bridgehead atoms. The van der Waals surface area contributed by atoms with Crippen LogP contribution in [0.5, 0.6) is 0 Å². The molecule has 0 saturated carbocycles. The van der Waals surface area contributed by atoms with Crippen LogP contribution in [0.4, 0.5) is 0 Å². The number of aryl methyl sites for hydroxylation is 1. The van der Waals surface area contributed by atoms with E-state index in [4.69, 9.17) is 4.42 Å². The lowest BCUT2D eigenvalue weighted by Crippen LogP contribution is -2.10. The van der Waals surface area contributed by atoms with Gasteiger partial charge in [0.1, 0.15) is 11.8 Å². The van der Waals surface area contributed by atoms with Gasteiger partial charge in [-0.25, -0.2) is 4.79 Å². The minimum absolute atomic E-state index is 0.0641. The minimum atomic E-state index is -0.469. The maximum Gasteiger partial charge on any atom is 0.373 e. The summed E-state index contributed by atoms with van der Waals surface area (Å²) in [6.45, 7) is 8.03. The van der Waals surface area contributed by atoms with Crippen LogP contribution in [0.25, 0.3) is 0 Å². The molecular weight excluding hydrogens is 244 g/mol. The Morgan fingerprint density at radius 1 is 1.37 bits per heavy atom. The van der Waals surface area contributed by atoms with Gasteiger partial charge in [-0.15, -0.1) is 0 Å². The Kier molecular flexibility index (Phi) is 3.46. The first-order valence-electron chi connectivity index (χ1n) is 6.16. The van der Waals surface area contributed by atoms with Crippen LogP contribution in [0.15, 0.2) is 16.5 Å². The average Bonchev–Trinajstić information content (AvgIpc) is 2.98. The summed E-state index contributed by atoms with van der Waals surface area (Å²) in [5, 5.41) is 4.50. The largest absolute Gasteiger partial charge is 0.463 e. The van der Waals surface area contributed by atoms with E-state index < -0.39 is 5.97 Å². The number of esters is 1. The lowest BCUT2D eigenvalue weighted by molar-refractivity contribution is 0.0562. The number of ether oxygens (including phenoxy) is 1. The van der Waals surface area contributed by atoms with E-state index in [1.165, 1.54) is 12.7 Å². The zero-order chi connectivity index (χ0) is 14.2. The third-order valence-electron chi connectivity index (χ3n) is 3.48. The van der Waals surface area contributed by atoms with Gasteiger partial charge in [0.2, 0.25) is 5.76 Å². The summed E-state index contributed by atoms with van der Waals surface area (Å²) >= 11 is 0. The summed E-state index contributed by atoms with van der Waals surface area (Å²) in [5.41, 5.74) is 3.27. The van der Waals surface area contributed by atoms with Crippen molar-refractivity contribution in [3.8, 4) is 0 Å². The first-order valence-corrected chi connectivity index (χ1v) is 6.16. The van der Waals surface area contributed by atoms with Crippen molar-refractivity contribution in [2.75, 3.05) is 7.11 Å². The zero-order valence-electron chi connectivity index (χ0n) is 11.9. The van der Waals surface area contributed by atoms with Gasteiger partial charge in [-0.05, 0) is 45.4 Å². The molecule has 1 unspecified atom stereocenters. The van der Waals surface area contributed by atoms with Gasteiger partial charge in [-0.3, -0.25) is 4.68 Å². The molecule has 0 fully saturated rings. The molecule has 0 saturated heterocycles. The molecule has 0 aliphatic rings.